The van der Waals surface area contributed by atoms with Crippen LogP contribution in [0.15, 0.2) is 0 Å². The molecule has 0 spiro atoms. The molecule has 0 aromatic rings. The van der Waals surface area contributed by atoms with E-state index >= 15 is 0 Å². The summed E-state index contributed by atoms with van der Waals surface area (Å²) in [4.78, 5) is 0. The second-order valence-corrected chi connectivity index (χ2v) is 19.3. The quantitative estimate of drug-likeness (QED) is 0.0479. The molecule has 0 bridgehead atoms. The lowest BCUT2D eigenvalue weighted by molar-refractivity contribution is -0.870. The standard InChI is InChI=1S/C34H70O.C19H42N.ClH/c1-2-3-4-5-6-7-8-9-10-11-12-13-14-15-16-17-18-19-20-21-22-23-24-25-26-27-28-29-30-31-32-33-34-35;1-5-6-7-8-9-10-11-12-13-14-15-16-17-18-19-20(2,3)4;/h35H,2-34H2,1H3;5-19H2,1-4H3;1H/q;+1;/p-1. The molecule has 3 heteroatoms. The minimum absolute atomic E-state index is 0. The summed E-state index contributed by atoms with van der Waals surface area (Å²) in [6.45, 7) is 6.30. The number of halogens is 1. The number of aliphatic hydroxyl groups excluding tert-OH is 1. The first-order chi connectivity index (χ1) is 27.0. The maximum absolute atomic E-state index is 8.78. The van der Waals surface area contributed by atoms with Crippen LogP contribution in [0.1, 0.15) is 309 Å². The fraction of sp³-hybridized carbons (Fsp3) is 1.00. The van der Waals surface area contributed by atoms with Gasteiger partial charge in [-0.1, -0.05) is 290 Å². The molecular formula is C53H112ClNO. The highest BCUT2D eigenvalue weighted by molar-refractivity contribution is 4.53. The maximum Gasteiger partial charge on any atom is 0.0780 e. The third kappa shape index (κ3) is 63.4. The number of unbranched alkanes of at least 4 members (excludes halogenated alkanes) is 44. The van der Waals surface area contributed by atoms with Gasteiger partial charge in [0.15, 0.2) is 0 Å². The lowest BCUT2D eigenvalue weighted by Crippen LogP contribution is -3.00. The molecule has 0 atom stereocenters. The smallest absolute Gasteiger partial charge is 0.0780 e. The van der Waals surface area contributed by atoms with Crippen molar-refractivity contribution in [1.82, 2.24) is 0 Å². The summed E-state index contributed by atoms with van der Waals surface area (Å²) in [5.74, 6) is 0. The average molecular weight is 815 g/mol. The van der Waals surface area contributed by atoms with Crippen LogP contribution in [0.25, 0.3) is 0 Å². The Morgan fingerprint density at radius 1 is 0.232 bits per heavy atom. The predicted octanol–water partition coefficient (Wildman–Crippen LogP) is 15.7. The molecule has 0 rings (SSSR count). The number of rotatable bonds is 47. The summed E-state index contributed by atoms with van der Waals surface area (Å²) in [5.41, 5.74) is 0. The van der Waals surface area contributed by atoms with Gasteiger partial charge in [-0.05, 0) is 19.3 Å². The zero-order chi connectivity index (χ0) is 40.4. The average Bonchev–Trinajstić information content (AvgIpc) is 3.17. The summed E-state index contributed by atoms with van der Waals surface area (Å²) in [6.07, 6.45) is 66.4. The van der Waals surface area contributed by atoms with Crippen molar-refractivity contribution >= 4 is 0 Å². The Kier molecular flexibility index (Phi) is 59.7. The Balaban J connectivity index is -0.00000114. The third-order valence-electron chi connectivity index (χ3n) is 12.2. The van der Waals surface area contributed by atoms with Gasteiger partial charge in [0.25, 0.3) is 0 Å². The normalized spacial score (nSPS) is 11.5. The Morgan fingerprint density at radius 3 is 0.518 bits per heavy atom. The molecular weight excluding hydrogens is 702 g/mol. The van der Waals surface area contributed by atoms with Crippen LogP contribution in [-0.2, 0) is 0 Å². The Hall–Kier alpha value is 0.210. The van der Waals surface area contributed by atoms with Crippen LogP contribution in [0.3, 0.4) is 0 Å². The zero-order valence-electron chi connectivity index (χ0n) is 40.2. The number of nitrogens with zero attached hydrogens (tertiary/aromatic N) is 1. The van der Waals surface area contributed by atoms with Gasteiger partial charge < -0.3 is 22.0 Å². The maximum atomic E-state index is 8.78. The van der Waals surface area contributed by atoms with Gasteiger partial charge in [-0.3, -0.25) is 0 Å². The van der Waals surface area contributed by atoms with Crippen LogP contribution in [0.2, 0.25) is 0 Å². The van der Waals surface area contributed by atoms with Gasteiger partial charge in [0.1, 0.15) is 0 Å². The first-order valence-electron chi connectivity index (χ1n) is 26.4. The zero-order valence-corrected chi connectivity index (χ0v) is 41.0. The molecule has 0 aromatic heterocycles. The Labute approximate surface area is 364 Å². The fourth-order valence-electron chi connectivity index (χ4n) is 8.27. The van der Waals surface area contributed by atoms with Gasteiger partial charge in [-0.2, -0.15) is 0 Å². The summed E-state index contributed by atoms with van der Waals surface area (Å²) in [6, 6.07) is 0. The van der Waals surface area contributed by atoms with Crippen LogP contribution >= 0.6 is 0 Å². The summed E-state index contributed by atoms with van der Waals surface area (Å²) < 4.78 is 1.12. The van der Waals surface area contributed by atoms with Gasteiger partial charge in [-0.25, -0.2) is 0 Å². The summed E-state index contributed by atoms with van der Waals surface area (Å²) in [5, 5.41) is 8.78. The van der Waals surface area contributed by atoms with Crippen LogP contribution in [0.4, 0.5) is 0 Å². The molecule has 1 N–H and O–H groups in total. The molecule has 0 saturated heterocycles. The highest BCUT2D eigenvalue weighted by atomic mass is 35.5. The highest BCUT2D eigenvalue weighted by Gasteiger charge is 2.05. The molecule has 342 valence electrons. The minimum atomic E-state index is 0. The van der Waals surface area contributed by atoms with Crippen LogP contribution in [0.5, 0.6) is 0 Å². The number of hydrogen-bond acceptors (Lipinski definition) is 1. The molecule has 0 unspecified atom stereocenters. The molecule has 56 heavy (non-hydrogen) atoms. The van der Waals surface area contributed by atoms with E-state index < -0.39 is 0 Å². The Morgan fingerprint density at radius 2 is 0.375 bits per heavy atom. The van der Waals surface area contributed by atoms with E-state index in [1.54, 1.807) is 0 Å². The van der Waals surface area contributed by atoms with Gasteiger partial charge in [0.2, 0.25) is 0 Å². The molecule has 0 fully saturated rings. The predicted molar refractivity (Wildman–Crippen MR) is 254 cm³/mol. The highest BCUT2D eigenvalue weighted by Crippen LogP contribution is 2.17. The molecule has 0 aliphatic carbocycles. The van der Waals surface area contributed by atoms with Crippen LogP contribution < -0.4 is 12.4 Å². The monoisotopic (exact) mass is 814 g/mol. The van der Waals surface area contributed by atoms with Crippen molar-refractivity contribution in [3.05, 3.63) is 0 Å². The summed E-state index contributed by atoms with van der Waals surface area (Å²) in [7, 11) is 6.88. The van der Waals surface area contributed by atoms with Crippen LogP contribution in [0, 0.1) is 0 Å². The van der Waals surface area contributed by atoms with E-state index in [2.05, 4.69) is 35.0 Å². The second kappa shape index (κ2) is 55.2. The van der Waals surface area contributed by atoms with Crippen molar-refractivity contribution in [2.75, 3.05) is 34.3 Å². The van der Waals surface area contributed by atoms with E-state index in [0.717, 1.165) is 10.9 Å². The lowest BCUT2D eigenvalue weighted by Gasteiger charge is -2.23. The number of hydrogen-bond donors (Lipinski definition) is 1. The molecule has 0 aliphatic rings. The van der Waals surface area contributed by atoms with Crippen molar-refractivity contribution < 1.29 is 22.0 Å². The van der Waals surface area contributed by atoms with Gasteiger partial charge in [0, 0.05) is 6.61 Å². The molecule has 0 heterocycles. The molecule has 0 saturated carbocycles. The molecule has 0 amide bonds. The van der Waals surface area contributed by atoms with E-state index in [1.807, 2.05) is 0 Å². The SMILES string of the molecule is CCCCCCCCCCCCCCCCCCCCCCCCCCCCCCCCCCO.CCCCCCCCCCCCCCCC[N+](C)(C)C.[Cl-]. The molecule has 0 aromatic carbocycles. The lowest BCUT2D eigenvalue weighted by atomic mass is 10.0. The minimum Gasteiger partial charge on any atom is -1.00 e. The second-order valence-electron chi connectivity index (χ2n) is 19.3. The van der Waals surface area contributed by atoms with Crippen LogP contribution in [-0.4, -0.2) is 43.9 Å². The fourth-order valence-corrected chi connectivity index (χ4v) is 8.27. The third-order valence-corrected chi connectivity index (χ3v) is 12.2. The number of quaternary nitrogens is 1. The van der Waals surface area contributed by atoms with Crippen molar-refractivity contribution in [2.45, 2.75) is 309 Å². The van der Waals surface area contributed by atoms with Gasteiger partial charge >= 0.3 is 0 Å². The Bertz CT molecular complexity index is 602. The first kappa shape index (κ1) is 60.5. The largest absolute Gasteiger partial charge is 1.00 e. The molecule has 0 radical (unpaired) electrons. The van der Waals surface area contributed by atoms with Crippen molar-refractivity contribution in [1.29, 1.82) is 0 Å². The molecule has 2 nitrogen and oxygen atoms in total. The first-order valence-corrected chi connectivity index (χ1v) is 26.4. The van der Waals surface area contributed by atoms with Crippen molar-refractivity contribution in [3.63, 3.8) is 0 Å². The van der Waals surface area contributed by atoms with E-state index in [4.69, 9.17) is 5.11 Å². The van der Waals surface area contributed by atoms with Crippen molar-refractivity contribution in [3.8, 4) is 0 Å². The van der Waals surface area contributed by atoms with E-state index in [-0.39, 0.29) is 12.4 Å². The number of aliphatic hydroxyl groups is 1. The van der Waals surface area contributed by atoms with Gasteiger partial charge in [-0.15, -0.1) is 0 Å². The van der Waals surface area contributed by atoms with Crippen molar-refractivity contribution in [2.24, 2.45) is 0 Å². The van der Waals surface area contributed by atoms with E-state index in [9.17, 15) is 0 Å². The topological polar surface area (TPSA) is 20.2 Å². The summed E-state index contributed by atoms with van der Waals surface area (Å²) >= 11 is 0. The van der Waals surface area contributed by atoms with E-state index in [0.29, 0.717) is 6.61 Å². The van der Waals surface area contributed by atoms with Gasteiger partial charge in [0.05, 0.1) is 27.7 Å². The van der Waals surface area contributed by atoms with E-state index in [1.165, 1.54) is 295 Å². The molecule has 0 aliphatic heterocycles.